The van der Waals surface area contributed by atoms with E-state index in [9.17, 15) is 8.42 Å². The van der Waals surface area contributed by atoms with Crippen molar-refractivity contribution in [1.82, 2.24) is 14.5 Å². The molecule has 1 saturated carbocycles. The Morgan fingerprint density at radius 2 is 1.96 bits per heavy atom. The normalized spacial score (nSPS) is 24.8. The molecule has 1 saturated heterocycles. The van der Waals surface area contributed by atoms with Crippen LogP contribution in [0.3, 0.4) is 0 Å². The van der Waals surface area contributed by atoms with E-state index >= 15 is 0 Å². The fourth-order valence-corrected chi connectivity index (χ4v) is 5.36. The van der Waals surface area contributed by atoms with E-state index < -0.39 is 9.84 Å². The maximum atomic E-state index is 11.6. The fourth-order valence-electron chi connectivity index (χ4n) is 4.23. The lowest BCUT2D eigenvalue weighted by Crippen LogP contribution is -2.38. The molecule has 2 heterocycles. The molecule has 23 heavy (non-hydrogen) atoms. The van der Waals surface area contributed by atoms with Gasteiger partial charge in [-0.15, -0.1) is 0 Å². The standard InChI is InChI=1S/C17H29N3O2S/c1-23(21,22)13-15-6-5-9-19(11-15)12-17-10-18-14-20(17)16-7-3-2-4-8-16/h10,14-16H,2-9,11-13H2,1H3. The van der Waals surface area contributed by atoms with Crippen LogP contribution in [0.25, 0.3) is 0 Å². The molecule has 0 radical (unpaired) electrons. The predicted molar refractivity (Wildman–Crippen MR) is 92.1 cm³/mol. The minimum atomic E-state index is -2.88. The van der Waals surface area contributed by atoms with Gasteiger partial charge >= 0.3 is 0 Å². The van der Waals surface area contributed by atoms with Gasteiger partial charge in [0, 0.05) is 31.6 Å². The van der Waals surface area contributed by atoms with Crippen LogP contribution in [0.1, 0.15) is 56.7 Å². The van der Waals surface area contributed by atoms with Crippen molar-refractivity contribution < 1.29 is 8.42 Å². The van der Waals surface area contributed by atoms with Crippen LogP contribution in [0, 0.1) is 5.92 Å². The van der Waals surface area contributed by atoms with Crippen LogP contribution in [0.4, 0.5) is 0 Å². The highest BCUT2D eigenvalue weighted by Gasteiger charge is 2.25. The summed E-state index contributed by atoms with van der Waals surface area (Å²) in [4.78, 5) is 6.79. The maximum absolute atomic E-state index is 11.6. The Hall–Kier alpha value is -0.880. The van der Waals surface area contributed by atoms with Crippen LogP contribution >= 0.6 is 0 Å². The Labute approximate surface area is 140 Å². The summed E-state index contributed by atoms with van der Waals surface area (Å²) in [6.07, 6.45) is 14.0. The largest absolute Gasteiger partial charge is 0.330 e. The summed E-state index contributed by atoms with van der Waals surface area (Å²) >= 11 is 0. The fraction of sp³-hybridized carbons (Fsp3) is 0.824. The van der Waals surface area contributed by atoms with Gasteiger partial charge in [0.05, 0.1) is 17.8 Å². The summed E-state index contributed by atoms with van der Waals surface area (Å²) in [7, 11) is -2.88. The van der Waals surface area contributed by atoms with Crippen molar-refractivity contribution in [3.05, 3.63) is 18.2 Å². The van der Waals surface area contributed by atoms with Crippen LogP contribution in [0.5, 0.6) is 0 Å². The number of rotatable bonds is 5. The summed E-state index contributed by atoms with van der Waals surface area (Å²) in [5, 5.41) is 0. The Morgan fingerprint density at radius 1 is 1.17 bits per heavy atom. The average Bonchev–Trinajstić information content (AvgIpc) is 2.95. The van der Waals surface area contributed by atoms with Gasteiger partial charge in [0.15, 0.2) is 0 Å². The van der Waals surface area contributed by atoms with Crippen LogP contribution in [-0.2, 0) is 16.4 Å². The Bertz CT molecular complexity index is 605. The van der Waals surface area contributed by atoms with Gasteiger partial charge in [-0.3, -0.25) is 4.90 Å². The van der Waals surface area contributed by atoms with Crippen LogP contribution in [0.2, 0.25) is 0 Å². The van der Waals surface area contributed by atoms with Crippen molar-refractivity contribution in [2.24, 2.45) is 5.92 Å². The number of imidazole rings is 1. The van der Waals surface area contributed by atoms with Crippen molar-refractivity contribution in [3.63, 3.8) is 0 Å². The summed E-state index contributed by atoms with van der Waals surface area (Å²) in [5.74, 6) is 0.607. The summed E-state index contributed by atoms with van der Waals surface area (Å²) in [6, 6.07) is 0.609. The highest BCUT2D eigenvalue weighted by atomic mass is 32.2. The van der Waals surface area contributed by atoms with E-state index in [4.69, 9.17) is 0 Å². The molecule has 1 atom stereocenters. The molecule has 2 aliphatic rings. The number of piperidine rings is 1. The molecule has 1 aromatic rings. The van der Waals surface area contributed by atoms with E-state index in [1.807, 2.05) is 12.5 Å². The second-order valence-electron chi connectivity index (χ2n) is 7.42. The van der Waals surface area contributed by atoms with E-state index in [-0.39, 0.29) is 5.92 Å². The van der Waals surface area contributed by atoms with Gasteiger partial charge in [0.2, 0.25) is 0 Å². The lowest BCUT2D eigenvalue weighted by Gasteiger charge is -2.33. The first-order chi connectivity index (χ1) is 11.0. The van der Waals surface area contributed by atoms with Gasteiger partial charge < -0.3 is 4.57 Å². The molecule has 1 unspecified atom stereocenters. The quantitative estimate of drug-likeness (QED) is 0.827. The van der Waals surface area contributed by atoms with Crippen molar-refractivity contribution in [1.29, 1.82) is 0 Å². The maximum Gasteiger partial charge on any atom is 0.147 e. The van der Waals surface area contributed by atoms with Crippen molar-refractivity contribution in [2.45, 2.75) is 57.5 Å². The zero-order valence-electron chi connectivity index (χ0n) is 14.2. The lowest BCUT2D eigenvalue weighted by atomic mass is 9.95. The lowest BCUT2D eigenvalue weighted by molar-refractivity contribution is 0.172. The first kappa shape index (κ1) is 17.0. The van der Waals surface area contributed by atoms with E-state index in [1.165, 1.54) is 44.1 Å². The van der Waals surface area contributed by atoms with Gasteiger partial charge in [0.1, 0.15) is 9.84 Å². The number of sulfone groups is 1. The smallest absolute Gasteiger partial charge is 0.147 e. The van der Waals surface area contributed by atoms with E-state index in [1.54, 1.807) is 0 Å². The highest BCUT2D eigenvalue weighted by molar-refractivity contribution is 7.90. The zero-order chi connectivity index (χ0) is 16.3. The molecule has 1 aliphatic carbocycles. The molecule has 6 heteroatoms. The summed E-state index contributed by atoms with van der Waals surface area (Å²) < 4.78 is 25.5. The number of nitrogens with zero attached hydrogens (tertiary/aromatic N) is 3. The van der Waals surface area contributed by atoms with Crippen LogP contribution < -0.4 is 0 Å². The monoisotopic (exact) mass is 339 g/mol. The van der Waals surface area contributed by atoms with E-state index in [0.717, 1.165) is 32.5 Å². The molecular weight excluding hydrogens is 310 g/mol. The second kappa shape index (κ2) is 7.34. The van der Waals surface area contributed by atoms with Crippen molar-refractivity contribution in [3.8, 4) is 0 Å². The van der Waals surface area contributed by atoms with E-state index in [2.05, 4.69) is 14.5 Å². The molecule has 0 N–H and O–H groups in total. The Balaban J connectivity index is 1.62. The minimum absolute atomic E-state index is 0.282. The first-order valence-electron chi connectivity index (χ1n) is 8.92. The number of hydrogen-bond acceptors (Lipinski definition) is 4. The molecule has 2 fully saturated rings. The van der Waals surface area contributed by atoms with Gasteiger partial charge in [-0.1, -0.05) is 19.3 Å². The molecule has 3 rings (SSSR count). The van der Waals surface area contributed by atoms with Crippen LogP contribution in [0.15, 0.2) is 12.5 Å². The minimum Gasteiger partial charge on any atom is -0.330 e. The molecule has 130 valence electrons. The van der Waals surface area contributed by atoms with Crippen molar-refractivity contribution in [2.75, 3.05) is 25.1 Å². The number of likely N-dealkylation sites (tertiary alicyclic amines) is 1. The molecule has 1 aromatic heterocycles. The SMILES string of the molecule is CS(=O)(=O)CC1CCCN(Cc2cncn2C2CCCCC2)C1. The molecule has 0 amide bonds. The number of hydrogen-bond donors (Lipinski definition) is 0. The first-order valence-corrected chi connectivity index (χ1v) is 11.0. The Morgan fingerprint density at radius 3 is 2.70 bits per heavy atom. The van der Waals surface area contributed by atoms with Gasteiger partial charge in [-0.05, 0) is 38.1 Å². The molecule has 1 aliphatic heterocycles. The van der Waals surface area contributed by atoms with Gasteiger partial charge in [-0.2, -0.15) is 0 Å². The Kier molecular flexibility index (Phi) is 5.42. The molecule has 0 spiro atoms. The van der Waals surface area contributed by atoms with Gasteiger partial charge in [-0.25, -0.2) is 13.4 Å². The molecule has 5 nitrogen and oxygen atoms in total. The molecule has 0 bridgehead atoms. The third kappa shape index (κ3) is 4.80. The number of aromatic nitrogens is 2. The zero-order valence-corrected chi connectivity index (χ0v) is 15.0. The second-order valence-corrected chi connectivity index (χ2v) is 9.60. The average molecular weight is 340 g/mol. The topological polar surface area (TPSA) is 55.2 Å². The summed E-state index contributed by atoms with van der Waals surface area (Å²) in [6.45, 7) is 2.86. The van der Waals surface area contributed by atoms with Crippen LogP contribution in [-0.4, -0.2) is 48.0 Å². The molecule has 0 aromatic carbocycles. The third-order valence-corrected chi connectivity index (χ3v) is 6.32. The summed E-state index contributed by atoms with van der Waals surface area (Å²) in [5.41, 5.74) is 1.29. The van der Waals surface area contributed by atoms with Crippen molar-refractivity contribution >= 4 is 9.84 Å². The highest BCUT2D eigenvalue weighted by Crippen LogP contribution is 2.29. The van der Waals surface area contributed by atoms with Gasteiger partial charge in [0.25, 0.3) is 0 Å². The predicted octanol–water partition coefficient (Wildman–Crippen LogP) is 2.64. The van der Waals surface area contributed by atoms with E-state index in [0.29, 0.717) is 11.8 Å². The third-order valence-electron chi connectivity index (χ3n) is 5.24. The molecular formula is C17H29N3O2S.